The van der Waals surface area contributed by atoms with Crippen molar-refractivity contribution in [1.29, 1.82) is 0 Å². The predicted octanol–water partition coefficient (Wildman–Crippen LogP) is 17.6. The third-order valence-corrected chi connectivity index (χ3v) is 19.6. The van der Waals surface area contributed by atoms with Crippen molar-refractivity contribution in [3.63, 3.8) is 0 Å². The molecule has 1 aliphatic heterocycles. The van der Waals surface area contributed by atoms with Crippen LogP contribution in [-0.4, -0.2) is 0 Å². The highest BCUT2D eigenvalue weighted by Gasteiger charge is 2.17. The van der Waals surface area contributed by atoms with Crippen molar-refractivity contribution < 1.29 is 0 Å². The van der Waals surface area contributed by atoms with E-state index in [9.17, 15) is 0 Å². The summed E-state index contributed by atoms with van der Waals surface area (Å²) in [4.78, 5) is 17.2. The first-order chi connectivity index (χ1) is 26.3. The molecule has 0 unspecified atom stereocenters. The highest BCUT2D eigenvalue weighted by Crippen LogP contribution is 2.46. The van der Waals surface area contributed by atoms with E-state index in [0.717, 1.165) is 0 Å². The molecular formula is C45H42S8. The Morgan fingerprint density at radius 3 is 0.736 bits per heavy atom. The minimum absolute atomic E-state index is 1.18. The quantitative estimate of drug-likeness (QED) is 0.143. The molecule has 0 saturated heterocycles. The Hall–Kier alpha value is -2.40. The summed E-state index contributed by atoms with van der Waals surface area (Å²) >= 11 is 15.6. The number of hydrogen-bond acceptors (Lipinski definition) is 8. The van der Waals surface area contributed by atoms with Gasteiger partial charge in [-0.15, -0.1) is 90.7 Å². The number of fused-ring (bicyclic) bond motifs is 18. The molecule has 0 amide bonds. The van der Waals surface area contributed by atoms with Gasteiger partial charge in [-0.2, -0.15) is 0 Å². The van der Waals surface area contributed by atoms with Gasteiger partial charge >= 0.3 is 0 Å². The second kappa shape index (κ2) is 17.2. The minimum atomic E-state index is 1.18. The fourth-order valence-corrected chi connectivity index (χ4v) is 16.2. The minimum Gasteiger partial charge on any atom is -0.143 e. The normalized spacial score (nSPS) is 14.9. The number of thiophene rings is 8. The highest BCUT2D eigenvalue weighted by atomic mass is 32.1. The van der Waals surface area contributed by atoms with Gasteiger partial charge < -0.3 is 0 Å². The Bertz CT molecular complexity index is 2200. The van der Waals surface area contributed by atoms with Gasteiger partial charge in [0.05, 0.1) is 0 Å². The van der Waals surface area contributed by atoms with Crippen LogP contribution >= 0.6 is 90.7 Å². The summed E-state index contributed by atoms with van der Waals surface area (Å²) < 4.78 is 0. The van der Waals surface area contributed by atoms with Crippen LogP contribution in [0.3, 0.4) is 0 Å². The molecule has 0 aromatic carbocycles. The maximum atomic E-state index is 2.37. The lowest BCUT2D eigenvalue weighted by Gasteiger charge is -2.05. The first-order valence-corrected chi connectivity index (χ1v) is 25.7. The van der Waals surface area contributed by atoms with Crippen molar-refractivity contribution >= 4 is 90.7 Å². The largest absolute Gasteiger partial charge is 0.143 e. The van der Waals surface area contributed by atoms with Gasteiger partial charge in [0.2, 0.25) is 0 Å². The van der Waals surface area contributed by atoms with Crippen LogP contribution in [0.25, 0.3) is 58.5 Å². The second-order valence-electron chi connectivity index (χ2n) is 13.9. The van der Waals surface area contributed by atoms with E-state index in [1.54, 1.807) is 0 Å². The zero-order valence-electron chi connectivity index (χ0n) is 29.7. The smallest absolute Gasteiger partial charge is 0.0474 e. The van der Waals surface area contributed by atoms with Gasteiger partial charge in [-0.05, 0) is 168 Å². The van der Waals surface area contributed by atoms with Gasteiger partial charge in [0.1, 0.15) is 0 Å². The van der Waals surface area contributed by atoms with E-state index in [2.05, 4.69) is 94.3 Å². The standard InChI is InChI=1S/C45H42S8/c1-2-6-10-30-22-26-46-42(30)38-18-14-34(50-38)36-16-20-40(52-36)44-32(24-28-48-44)12-8-4-5-9-13-33-25-29-49-45(33)41-21-17-37(53-41)35-15-19-39(51-35)43-31(11-7-3-1)23-27-47-43/h14-29H,1-13H2. The van der Waals surface area contributed by atoms with E-state index in [0.29, 0.717) is 0 Å². The van der Waals surface area contributed by atoms with Crippen LogP contribution in [0, 0.1) is 0 Å². The molecule has 8 heteroatoms. The van der Waals surface area contributed by atoms with Crippen molar-refractivity contribution in [2.45, 2.75) is 83.5 Å². The van der Waals surface area contributed by atoms with E-state index in [-0.39, 0.29) is 0 Å². The van der Waals surface area contributed by atoms with Gasteiger partial charge in [0, 0.05) is 58.5 Å². The first-order valence-electron chi connectivity index (χ1n) is 18.9. The van der Waals surface area contributed by atoms with Crippen molar-refractivity contribution in [2.24, 2.45) is 0 Å². The summed E-state index contributed by atoms with van der Waals surface area (Å²) in [5.74, 6) is 0. The van der Waals surface area contributed by atoms with E-state index in [4.69, 9.17) is 0 Å². The summed E-state index contributed by atoms with van der Waals surface area (Å²) in [7, 11) is 0. The second-order valence-corrected chi connectivity index (χ2v) is 21.9. The summed E-state index contributed by atoms with van der Waals surface area (Å²) in [6.45, 7) is 0. The maximum absolute atomic E-state index is 2.37. The molecule has 1 aliphatic rings. The highest BCUT2D eigenvalue weighted by molar-refractivity contribution is 7.29. The van der Waals surface area contributed by atoms with E-state index in [1.165, 1.54) is 164 Å². The fourth-order valence-electron chi connectivity index (χ4n) is 7.51. The van der Waals surface area contributed by atoms with E-state index in [1.807, 2.05) is 90.7 Å². The van der Waals surface area contributed by atoms with Gasteiger partial charge in [-0.1, -0.05) is 32.1 Å². The van der Waals surface area contributed by atoms with Crippen LogP contribution in [0.4, 0.5) is 0 Å². The van der Waals surface area contributed by atoms with Crippen molar-refractivity contribution in [2.75, 3.05) is 0 Å². The summed E-state index contributed by atoms with van der Waals surface area (Å²) in [5.41, 5.74) is 6.13. The van der Waals surface area contributed by atoms with Crippen LogP contribution in [0.15, 0.2) is 94.3 Å². The predicted molar refractivity (Wildman–Crippen MR) is 245 cm³/mol. The van der Waals surface area contributed by atoms with E-state index >= 15 is 0 Å². The molecule has 0 radical (unpaired) electrons. The van der Waals surface area contributed by atoms with E-state index < -0.39 is 0 Å². The van der Waals surface area contributed by atoms with Gasteiger partial charge in [0.25, 0.3) is 0 Å². The summed E-state index contributed by atoms with van der Waals surface area (Å²) in [6.07, 6.45) is 16.3. The Morgan fingerprint density at radius 1 is 0.245 bits per heavy atom. The molecule has 0 N–H and O–H groups in total. The van der Waals surface area contributed by atoms with Crippen LogP contribution in [0.1, 0.15) is 80.0 Å². The third-order valence-electron chi connectivity index (χ3n) is 10.3. The van der Waals surface area contributed by atoms with Crippen molar-refractivity contribution in [1.82, 2.24) is 0 Å². The fraction of sp³-hybridized carbons (Fsp3) is 0.289. The molecule has 53 heavy (non-hydrogen) atoms. The van der Waals surface area contributed by atoms with Gasteiger partial charge in [0.15, 0.2) is 0 Å². The number of aryl methyl sites for hydroxylation is 4. The molecule has 8 aromatic rings. The van der Waals surface area contributed by atoms with Gasteiger partial charge in [-0.25, -0.2) is 0 Å². The molecule has 8 bridgehead atoms. The molecule has 0 aliphatic carbocycles. The van der Waals surface area contributed by atoms with Gasteiger partial charge in [-0.3, -0.25) is 0 Å². The molecule has 270 valence electrons. The van der Waals surface area contributed by atoms with Crippen LogP contribution in [0.2, 0.25) is 0 Å². The zero-order valence-corrected chi connectivity index (χ0v) is 36.2. The topological polar surface area (TPSA) is 0 Å². The summed E-state index contributed by atoms with van der Waals surface area (Å²) in [6, 6.07) is 28.4. The Balaban J connectivity index is 0.919. The van der Waals surface area contributed by atoms with Crippen LogP contribution in [0.5, 0.6) is 0 Å². The zero-order chi connectivity index (χ0) is 35.4. The first kappa shape index (κ1) is 36.3. The summed E-state index contributed by atoms with van der Waals surface area (Å²) in [5, 5.41) is 9.19. The maximum Gasteiger partial charge on any atom is 0.0474 e. The molecule has 9 rings (SSSR count). The SMILES string of the molecule is c1cc2c(s1)-c1ccc(s1)-c1ccc(s1)-c1sccc1CCCCCCc1ccsc1-c1ccc(s1)-c1ccc(s1)-c1sccc1CCCCCCC2. The molecule has 0 nitrogen and oxygen atoms in total. The van der Waals surface area contributed by atoms with Crippen LogP contribution in [-0.2, 0) is 25.7 Å². The van der Waals surface area contributed by atoms with Crippen molar-refractivity contribution in [3.05, 3.63) is 117 Å². The molecule has 0 fully saturated rings. The molecule has 8 aromatic heterocycles. The average Bonchev–Trinajstić information content (AvgIpc) is 4.02. The average molecular weight is 839 g/mol. The third kappa shape index (κ3) is 8.27. The molecule has 0 spiro atoms. The van der Waals surface area contributed by atoms with Crippen molar-refractivity contribution in [3.8, 4) is 58.5 Å². The lowest BCUT2D eigenvalue weighted by atomic mass is 10.0. The number of rotatable bonds is 0. The molecule has 0 atom stereocenters. The monoisotopic (exact) mass is 838 g/mol. The molecular weight excluding hydrogens is 797 g/mol. The Labute approximate surface area is 346 Å². The lowest BCUT2D eigenvalue weighted by molar-refractivity contribution is 0.614. The van der Waals surface area contributed by atoms with Crippen LogP contribution < -0.4 is 0 Å². The molecule has 9 heterocycles. The number of hydrogen-bond donors (Lipinski definition) is 0. The molecule has 0 saturated carbocycles. The Kier molecular flexibility index (Phi) is 11.7. The Morgan fingerprint density at radius 2 is 0.472 bits per heavy atom. The lowest BCUT2D eigenvalue weighted by Crippen LogP contribution is -1.88.